The first kappa shape index (κ1) is 17.6. The van der Waals surface area contributed by atoms with Crippen LogP contribution in [0, 0.1) is 5.92 Å². The van der Waals surface area contributed by atoms with E-state index in [4.69, 9.17) is 0 Å². The molecule has 0 spiro atoms. The molecule has 1 aromatic carbocycles. The van der Waals surface area contributed by atoms with Crippen molar-refractivity contribution in [2.45, 2.75) is 31.9 Å². The normalized spacial score (nSPS) is 20.5. The number of benzene rings is 1. The number of aromatic nitrogens is 2. The first-order valence-corrected chi connectivity index (χ1v) is 7.34. The lowest BCUT2D eigenvalue weighted by Crippen LogP contribution is -2.41. The predicted octanol–water partition coefficient (Wildman–Crippen LogP) is 3.38. The summed E-state index contributed by atoms with van der Waals surface area (Å²) in [5.41, 5.74) is -2.29. The molecule has 5 nitrogen and oxygen atoms in total. The second-order valence-electron chi connectivity index (χ2n) is 5.94. The molecule has 2 heterocycles. The van der Waals surface area contributed by atoms with Gasteiger partial charge in [0.2, 0.25) is 0 Å². The SMILES string of the molecule is CC(C)C(O)(c1cncnc1)c1ccc2c(c1)C(F)(F)OC(F)(F)O2. The molecule has 0 amide bonds. The topological polar surface area (TPSA) is 64.5 Å². The summed E-state index contributed by atoms with van der Waals surface area (Å²) in [7, 11) is 0. The molecular formula is C16H14F4N2O3. The van der Waals surface area contributed by atoms with Crippen molar-refractivity contribution in [3.8, 4) is 5.75 Å². The largest absolute Gasteiger partial charge is 0.540 e. The number of hydrogen-bond donors (Lipinski definition) is 1. The third kappa shape index (κ3) is 2.93. The van der Waals surface area contributed by atoms with Crippen LogP contribution < -0.4 is 4.74 Å². The quantitative estimate of drug-likeness (QED) is 0.853. The standard InChI is InChI=1S/C16H14F4N2O3/c1-9(2)14(23,11-6-21-8-22-7-11)10-3-4-13-12(5-10)15(17,18)25-16(19,20)24-13/h3-9,23H,1-2H3. The number of halogens is 4. The Labute approximate surface area is 140 Å². The van der Waals surface area contributed by atoms with Crippen molar-refractivity contribution >= 4 is 0 Å². The second-order valence-corrected chi connectivity index (χ2v) is 5.94. The van der Waals surface area contributed by atoms with Gasteiger partial charge in [-0.15, -0.1) is 8.78 Å². The van der Waals surface area contributed by atoms with E-state index in [-0.39, 0.29) is 11.1 Å². The molecule has 0 bridgehead atoms. The molecule has 1 aromatic heterocycles. The summed E-state index contributed by atoms with van der Waals surface area (Å²) in [5, 5.41) is 11.2. The number of aliphatic hydroxyl groups is 1. The Bertz CT molecular complexity index is 786. The van der Waals surface area contributed by atoms with E-state index in [2.05, 4.69) is 19.4 Å². The van der Waals surface area contributed by atoms with Gasteiger partial charge in [-0.1, -0.05) is 19.9 Å². The zero-order valence-electron chi connectivity index (χ0n) is 13.2. The van der Waals surface area contributed by atoms with Crippen LogP contribution in [0.25, 0.3) is 0 Å². The molecule has 1 aliphatic heterocycles. The van der Waals surface area contributed by atoms with Gasteiger partial charge in [0.1, 0.15) is 17.7 Å². The van der Waals surface area contributed by atoms with Gasteiger partial charge < -0.3 is 9.84 Å². The lowest BCUT2D eigenvalue weighted by molar-refractivity contribution is -0.461. The van der Waals surface area contributed by atoms with E-state index in [9.17, 15) is 22.7 Å². The van der Waals surface area contributed by atoms with Gasteiger partial charge in [0.15, 0.2) is 0 Å². The summed E-state index contributed by atoms with van der Waals surface area (Å²) in [5.74, 6) is -1.18. The Morgan fingerprint density at radius 1 is 1.08 bits per heavy atom. The van der Waals surface area contributed by atoms with E-state index in [1.807, 2.05) is 0 Å². The first-order valence-electron chi connectivity index (χ1n) is 7.34. The van der Waals surface area contributed by atoms with E-state index in [1.54, 1.807) is 13.8 Å². The smallest absolute Gasteiger partial charge is 0.409 e. The molecule has 0 radical (unpaired) electrons. The summed E-state index contributed by atoms with van der Waals surface area (Å²) >= 11 is 0. The maximum absolute atomic E-state index is 14.0. The van der Waals surface area contributed by atoms with Crippen LogP contribution >= 0.6 is 0 Å². The van der Waals surface area contributed by atoms with Crippen LogP contribution in [0.5, 0.6) is 5.75 Å². The fourth-order valence-electron chi connectivity index (χ4n) is 2.77. The van der Waals surface area contributed by atoms with Gasteiger partial charge in [-0.05, 0) is 23.6 Å². The fraction of sp³-hybridized carbons (Fsp3) is 0.375. The summed E-state index contributed by atoms with van der Waals surface area (Å²) in [6.07, 6.45) is -4.76. The Hall–Kier alpha value is -2.26. The molecule has 0 saturated carbocycles. The molecule has 1 unspecified atom stereocenters. The predicted molar refractivity (Wildman–Crippen MR) is 76.9 cm³/mol. The maximum atomic E-state index is 14.0. The summed E-state index contributed by atoms with van der Waals surface area (Å²) in [4.78, 5) is 7.65. The summed E-state index contributed by atoms with van der Waals surface area (Å²) in [6.45, 7) is 3.34. The van der Waals surface area contributed by atoms with Gasteiger partial charge in [0.25, 0.3) is 0 Å². The van der Waals surface area contributed by atoms with Gasteiger partial charge in [-0.25, -0.2) is 14.7 Å². The average Bonchev–Trinajstić information content (AvgIpc) is 2.52. The van der Waals surface area contributed by atoms with Crippen LogP contribution in [0.1, 0.15) is 30.5 Å². The highest BCUT2D eigenvalue weighted by Gasteiger charge is 2.55. The van der Waals surface area contributed by atoms with Crippen molar-refractivity contribution in [1.82, 2.24) is 9.97 Å². The van der Waals surface area contributed by atoms with Crippen molar-refractivity contribution in [2.24, 2.45) is 5.92 Å². The van der Waals surface area contributed by atoms with Crippen molar-refractivity contribution in [2.75, 3.05) is 0 Å². The monoisotopic (exact) mass is 358 g/mol. The molecule has 1 N–H and O–H groups in total. The summed E-state index contributed by atoms with van der Waals surface area (Å²) < 4.78 is 61.8. The fourth-order valence-corrected chi connectivity index (χ4v) is 2.77. The Morgan fingerprint density at radius 2 is 1.72 bits per heavy atom. The van der Waals surface area contributed by atoms with Crippen molar-refractivity contribution in [1.29, 1.82) is 0 Å². The van der Waals surface area contributed by atoms with Crippen LogP contribution in [0.2, 0.25) is 0 Å². The highest BCUT2D eigenvalue weighted by molar-refractivity contribution is 5.45. The Morgan fingerprint density at radius 3 is 2.32 bits per heavy atom. The second kappa shape index (κ2) is 5.63. The van der Waals surface area contributed by atoms with Crippen molar-refractivity contribution < 1.29 is 32.1 Å². The van der Waals surface area contributed by atoms with Gasteiger partial charge in [0, 0.05) is 18.0 Å². The average molecular weight is 358 g/mol. The number of hydrogen-bond acceptors (Lipinski definition) is 5. The van der Waals surface area contributed by atoms with E-state index >= 15 is 0 Å². The van der Waals surface area contributed by atoms with Crippen LogP contribution in [-0.4, -0.2) is 21.4 Å². The molecule has 134 valence electrons. The van der Waals surface area contributed by atoms with E-state index < -0.39 is 35.2 Å². The molecule has 3 rings (SSSR count). The van der Waals surface area contributed by atoms with Gasteiger partial charge in [-0.2, -0.15) is 8.78 Å². The molecule has 0 fully saturated rings. The van der Waals surface area contributed by atoms with Crippen LogP contribution in [0.15, 0.2) is 36.9 Å². The molecule has 1 aliphatic rings. The minimum absolute atomic E-state index is 0.0492. The molecule has 0 saturated heterocycles. The molecule has 9 heteroatoms. The van der Waals surface area contributed by atoms with Crippen LogP contribution in [0.3, 0.4) is 0 Å². The van der Waals surface area contributed by atoms with Gasteiger partial charge >= 0.3 is 12.4 Å². The molecule has 2 aromatic rings. The number of nitrogens with zero attached hydrogens (tertiary/aromatic N) is 2. The number of rotatable bonds is 3. The Kier molecular flexibility index (Phi) is 3.96. The lowest BCUT2D eigenvalue weighted by atomic mass is 9.78. The van der Waals surface area contributed by atoms with E-state index in [1.165, 1.54) is 24.8 Å². The molecule has 0 aliphatic carbocycles. The number of fused-ring (bicyclic) bond motifs is 1. The number of alkyl halides is 4. The Balaban J connectivity index is 2.16. The highest BCUT2D eigenvalue weighted by Crippen LogP contribution is 2.48. The molecule has 1 atom stereocenters. The third-order valence-corrected chi connectivity index (χ3v) is 4.05. The van der Waals surface area contributed by atoms with Crippen molar-refractivity contribution in [3.63, 3.8) is 0 Å². The third-order valence-electron chi connectivity index (χ3n) is 4.05. The molecular weight excluding hydrogens is 344 g/mol. The lowest BCUT2D eigenvalue weighted by Gasteiger charge is -2.35. The highest BCUT2D eigenvalue weighted by atomic mass is 19.3. The number of ether oxygens (including phenoxy) is 2. The van der Waals surface area contributed by atoms with Gasteiger partial charge in [0.05, 0.1) is 5.56 Å². The minimum Gasteiger partial charge on any atom is -0.409 e. The summed E-state index contributed by atoms with van der Waals surface area (Å²) in [6, 6.07) is 3.08. The first-order chi connectivity index (χ1) is 11.6. The molecule has 25 heavy (non-hydrogen) atoms. The van der Waals surface area contributed by atoms with E-state index in [0.717, 1.165) is 12.1 Å². The minimum atomic E-state index is -4.44. The van der Waals surface area contributed by atoms with E-state index in [0.29, 0.717) is 0 Å². The zero-order chi connectivity index (χ0) is 18.5. The zero-order valence-corrected chi connectivity index (χ0v) is 13.2. The van der Waals surface area contributed by atoms with Crippen LogP contribution in [0.4, 0.5) is 17.6 Å². The van der Waals surface area contributed by atoms with Crippen LogP contribution in [-0.2, 0) is 16.4 Å². The maximum Gasteiger partial charge on any atom is 0.540 e. The van der Waals surface area contributed by atoms with Crippen molar-refractivity contribution in [3.05, 3.63) is 53.6 Å². The van der Waals surface area contributed by atoms with Gasteiger partial charge in [-0.3, -0.25) is 0 Å².